The molecule has 0 aliphatic carbocycles. The Hall–Kier alpha value is -3.12. The van der Waals surface area contributed by atoms with E-state index in [1.165, 1.54) is 0 Å². The predicted octanol–water partition coefficient (Wildman–Crippen LogP) is 3.87. The molecular formula is C24H28N4O2. The highest BCUT2D eigenvalue weighted by Gasteiger charge is 2.37. The van der Waals surface area contributed by atoms with Gasteiger partial charge in [0.05, 0.1) is 17.0 Å². The van der Waals surface area contributed by atoms with Gasteiger partial charge in [0.15, 0.2) is 0 Å². The molecule has 156 valence electrons. The van der Waals surface area contributed by atoms with E-state index < -0.39 is 0 Å². The van der Waals surface area contributed by atoms with Gasteiger partial charge in [-0.05, 0) is 31.6 Å². The lowest BCUT2D eigenvalue weighted by Gasteiger charge is -2.16. The summed E-state index contributed by atoms with van der Waals surface area (Å²) in [7, 11) is 1.82. The number of hydrogen-bond donors (Lipinski definition) is 1. The molecule has 0 radical (unpaired) electrons. The number of para-hydroxylation sites is 2. The monoisotopic (exact) mass is 404 g/mol. The molecule has 4 rings (SSSR count). The van der Waals surface area contributed by atoms with E-state index in [0.29, 0.717) is 23.6 Å². The molecule has 2 aliphatic rings. The zero-order chi connectivity index (χ0) is 21.3. The molecule has 6 heteroatoms. The molecule has 0 fully saturated rings. The second-order valence-electron chi connectivity index (χ2n) is 7.56. The van der Waals surface area contributed by atoms with E-state index in [0.717, 1.165) is 47.7 Å². The number of likely N-dealkylation sites (N-methyl/N-ethyl adjacent to an activating group) is 2. The van der Waals surface area contributed by atoms with E-state index in [-0.39, 0.29) is 5.91 Å². The minimum Gasteiger partial charge on any atom is -0.394 e. The van der Waals surface area contributed by atoms with Gasteiger partial charge in [-0.2, -0.15) is 0 Å². The predicted molar refractivity (Wildman–Crippen MR) is 122 cm³/mol. The zero-order valence-corrected chi connectivity index (χ0v) is 18.0. The van der Waals surface area contributed by atoms with Crippen LogP contribution in [0, 0.1) is 6.92 Å². The molecule has 0 atom stereocenters. The number of benzene rings is 2. The Morgan fingerprint density at radius 2 is 1.80 bits per heavy atom. The van der Waals surface area contributed by atoms with Crippen LogP contribution >= 0.6 is 0 Å². The molecule has 2 aromatic carbocycles. The zero-order valence-electron chi connectivity index (χ0n) is 18.0. The van der Waals surface area contributed by atoms with Gasteiger partial charge in [0.1, 0.15) is 12.3 Å². The van der Waals surface area contributed by atoms with Crippen LogP contribution in [0.5, 0.6) is 0 Å². The molecule has 1 amide bonds. The summed E-state index contributed by atoms with van der Waals surface area (Å²) >= 11 is 0. The van der Waals surface area contributed by atoms with Gasteiger partial charge in [0, 0.05) is 30.4 Å². The fourth-order valence-electron chi connectivity index (χ4n) is 4.15. The van der Waals surface area contributed by atoms with Gasteiger partial charge in [-0.1, -0.05) is 55.4 Å². The van der Waals surface area contributed by atoms with E-state index in [1.54, 1.807) is 4.90 Å². The first-order chi connectivity index (χ1) is 14.6. The maximum atomic E-state index is 13.2. The average Bonchev–Trinajstić information content (AvgIpc) is 3.23. The number of carbonyl (C=O) groups is 1. The summed E-state index contributed by atoms with van der Waals surface area (Å²) in [6.07, 6.45) is 0. The highest BCUT2D eigenvalue weighted by Crippen LogP contribution is 2.42. The van der Waals surface area contributed by atoms with Crippen molar-refractivity contribution in [1.29, 1.82) is 0 Å². The van der Waals surface area contributed by atoms with Crippen molar-refractivity contribution in [3.63, 3.8) is 0 Å². The van der Waals surface area contributed by atoms with Crippen LogP contribution in [-0.4, -0.2) is 49.8 Å². The molecule has 0 aromatic heterocycles. The van der Waals surface area contributed by atoms with Crippen molar-refractivity contribution in [2.24, 2.45) is 5.16 Å². The fraction of sp³-hybridized carbons (Fsp3) is 0.333. The lowest BCUT2D eigenvalue weighted by molar-refractivity contribution is -0.112. The maximum absolute atomic E-state index is 13.2. The molecule has 0 saturated carbocycles. The first-order valence-corrected chi connectivity index (χ1v) is 10.5. The van der Waals surface area contributed by atoms with Crippen molar-refractivity contribution in [2.45, 2.75) is 20.8 Å². The van der Waals surface area contributed by atoms with Gasteiger partial charge in [0.25, 0.3) is 5.91 Å². The first kappa shape index (κ1) is 20.2. The summed E-state index contributed by atoms with van der Waals surface area (Å²) in [5, 5.41) is 7.91. The van der Waals surface area contributed by atoms with E-state index in [4.69, 9.17) is 4.84 Å². The smallest absolute Gasteiger partial charge is 0.260 e. The van der Waals surface area contributed by atoms with Crippen molar-refractivity contribution in [3.8, 4) is 0 Å². The molecule has 2 aromatic rings. The number of oxime groups is 1. The molecule has 0 bridgehead atoms. The van der Waals surface area contributed by atoms with Gasteiger partial charge in [-0.15, -0.1) is 0 Å². The van der Waals surface area contributed by atoms with Crippen molar-refractivity contribution >= 4 is 28.6 Å². The number of hydrogen-bond acceptors (Lipinski definition) is 5. The van der Waals surface area contributed by atoms with Gasteiger partial charge >= 0.3 is 0 Å². The number of allylic oxidation sites excluding steroid dienone is 1. The Balaban J connectivity index is 1.75. The number of amides is 1. The van der Waals surface area contributed by atoms with Crippen LogP contribution in [0.4, 0.5) is 11.4 Å². The second kappa shape index (κ2) is 8.32. The van der Waals surface area contributed by atoms with E-state index >= 15 is 0 Å². The molecule has 0 saturated heterocycles. The highest BCUT2D eigenvalue weighted by molar-refractivity contribution is 6.40. The number of nitrogens with one attached hydrogen (secondary N) is 1. The number of anilines is 2. The van der Waals surface area contributed by atoms with Crippen LogP contribution < -0.4 is 10.2 Å². The Bertz CT molecular complexity index is 1040. The van der Waals surface area contributed by atoms with Crippen LogP contribution in [0.2, 0.25) is 0 Å². The Morgan fingerprint density at radius 1 is 1.07 bits per heavy atom. The van der Waals surface area contributed by atoms with Crippen LogP contribution in [0.25, 0.3) is 5.57 Å². The number of fused-ring (bicyclic) bond motifs is 2. The fourth-order valence-corrected chi connectivity index (χ4v) is 4.15. The summed E-state index contributed by atoms with van der Waals surface area (Å²) in [6.45, 7) is 9.57. The second-order valence-corrected chi connectivity index (χ2v) is 7.56. The van der Waals surface area contributed by atoms with Crippen molar-refractivity contribution in [3.05, 3.63) is 64.9 Å². The van der Waals surface area contributed by atoms with Crippen molar-refractivity contribution in [2.75, 3.05) is 43.5 Å². The molecular weight excluding hydrogens is 376 g/mol. The molecule has 1 N–H and O–H groups in total. The highest BCUT2D eigenvalue weighted by atomic mass is 16.6. The lowest BCUT2D eigenvalue weighted by Crippen LogP contribution is -2.26. The minimum atomic E-state index is -0.0366. The summed E-state index contributed by atoms with van der Waals surface area (Å²) in [5.41, 5.74) is 6.85. The van der Waals surface area contributed by atoms with Gasteiger partial charge in [-0.25, -0.2) is 0 Å². The standard InChI is InChI=1S/C24H28N4O2/c1-5-28(6-2)14-15-30-26-21-17-11-7-8-13-19(17)25-22(21)20-18-12-9-10-16(3)23(18)27(4)24(20)29/h7-13,25H,5-6,14-15H2,1-4H3/b22-20-,26-21+. The minimum absolute atomic E-state index is 0.0366. The molecule has 30 heavy (non-hydrogen) atoms. The summed E-state index contributed by atoms with van der Waals surface area (Å²) in [5.74, 6) is -0.0366. The Kier molecular flexibility index (Phi) is 5.59. The topological polar surface area (TPSA) is 57.2 Å². The molecule has 2 aliphatic heterocycles. The number of carbonyl (C=O) groups excluding carboxylic acids is 1. The van der Waals surface area contributed by atoms with Crippen LogP contribution in [-0.2, 0) is 9.63 Å². The summed E-state index contributed by atoms with van der Waals surface area (Å²) < 4.78 is 0. The number of nitrogens with zero attached hydrogens (tertiary/aromatic N) is 3. The van der Waals surface area contributed by atoms with Crippen molar-refractivity contribution in [1.82, 2.24) is 4.90 Å². The number of aryl methyl sites for hydroxylation is 1. The SMILES string of the molecule is CCN(CC)CCO/N=C1/C(=C2/C(=O)N(C)c3c(C)cccc32)Nc2ccccc21. The van der Waals surface area contributed by atoms with Crippen LogP contribution in [0.1, 0.15) is 30.5 Å². The van der Waals surface area contributed by atoms with Crippen LogP contribution in [0.15, 0.2) is 53.3 Å². The summed E-state index contributed by atoms with van der Waals surface area (Å²) in [6, 6.07) is 13.9. The lowest BCUT2D eigenvalue weighted by atomic mass is 10.00. The third-order valence-electron chi connectivity index (χ3n) is 5.84. The molecule has 6 nitrogen and oxygen atoms in total. The largest absolute Gasteiger partial charge is 0.394 e. The number of rotatable bonds is 6. The van der Waals surface area contributed by atoms with Gasteiger partial charge in [-0.3, -0.25) is 4.79 Å². The normalized spacial score (nSPS) is 18.8. The Labute approximate surface area is 177 Å². The first-order valence-electron chi connectivity index (χ1n) is 10.5. The van der Waals surface area contributed by atoms with Crippen molar-refractivity contribution < 1.29 is 9.63 Å². The molecule has 0 spiro atoms. The maximum Gasteiger partial charge on any atom is 0.260 e. The molecule has 2 heterocycles. The van der Waals surface area contributed by atoms with Crippen LogP contribution in [0.3, 0.4) is 0 Å². The average molecular weight is 405 g/mol. The van der Waals surface area contributed by atoms with Gasteiger partial charge < -0.3 is 20.0 Å². The third-order valence-corrected chi connectivity index (χ3v) is 5.84. The summed E-state index contributed by atoms with van der Waals surface area (Å²) in [4.78, 5) is 22.9. The third kappa shape index (κ3) is 3.37. The van der Waals surface area contributed by atoms with E-state index in [9.17, 15) is 4.79 Å². The Morgan fingerprint density at radius 3 is 2.57 bits per heavy atom. The molecule has 0 unspecified atom stereocenters. The quantitative estimate of drug-likeness (QED) is 0.451. The van der Waals surface area contributed by atoms with Gasteiger partial charge in [0.2, 0.25) is 0 Å². The van der Waals surface area contributed by atoms with E-state index in [2.05, 4.69) is 29.2 Å². The van der Waals surface area contributed by atoms with E-state index in [1.807, 2.05) is 56.4 Å².